The summed E-state index contributed by atoms with van der Waals surface area (Å²) in [5.74, 6) is 0.401. The highest BCUT2D eigenvalue weighted by molar-refractivity contribution is 5.99. The normalized spacial score (nSPS) is 11.7. The summed E-state index contributed by atoms with van der Waals surface area (Å²) >= 11 is 0. The van der Waals surface area contributed by atoms with E-state index in [1.165, 1.54) is 29.2 Å². The maximum Gasteiger partial charge on any atom is 0.269 e. The lowest BCUT2D eigenvalue weighted by Crippen LogP contribution is -2.30. The molecule has 12 nitrogen and oxygen atoms in total. The van der Waals surface area contributed by atoms with E-state index in [4.69, 9.17) is 14.2 Å². The summed E-state index contributed by atoms with van der Waals surface area (Å²) < 4.78 is 18.4. The number of likely N-dealkylation sites (N-methyl/N-ethyl adjacent to an activating group) is 1. The molecule has 332 valence electrons. The number of unbranched alkanes of at least 4 members (excludes halogenated alkanes) is 6. The van der Waals surface area contributed by atoms with Crippen LogP contribution in [0.15, 0.2) is 97.1 Å². The number of carbonyl (C=O) groups is 3. The van der Waals surface area contributed by atoms with E-state index in [2.05, 4.69) is 46.5 Å². The molecule has 0 aliphatic rings. The standard InChI is InChI=1S/C50H63N3O9/c1-8-10-12-14-29-60-45-33-43(48(56)51-28-27-44(54)36-19-21-38(22-20-36)50(4,5)6)46(61-30-15-13-11-9-2)32-42(45)47(55)35(3)34-52(7)49(57)37-17-16-18-41(31-37)62-40-25-23-39(24-26-40)53(58)59/h16-26,31-33,47,55H,3,8-15,27-30,34H2,1-2,4-7H3,(H,51,56). The predicted molar refractivity (Wildman–Crippen MR) is 243 cm³/mol. The molecule has 0 heterocycles. The number of aliphatic hydroxyl groups is 1. The van der Waals surface area contributed by atoms with Gasteiger partial charge in [0.1, 0.15) is 29.1 Å². The lowest BCUT2D eigenvalue weighted by Gasteiger charge is -2.24. The van der Waals surface area contributed by atoms with E-state index in [9.17, 15) is 29.6 Å². The molecule has 4 rings (SSSR count). The monoisotopic (exact) mass is 849 g/mol. The first-order valence-corrected chi connectivity index (χ1v) is 21.6. The average Bonchev–Trinajstić information content (AvgIpc) is 3.25. The van der Waals surface area contributed by atoms with Gasteiger partial charge in [-0.3, -0.25) is 24.5 Å². The van der Waals surface area contributed by atoms with Gasteiger partial charge in [0.15, 0.2) is 5.78 Å². The molecule has 4 aromatic rings. The Morgan fingerprint density at radius 1 is 0.806 bits per heavy atom. The molecule has 0 spiro atoms. The van der Waals surface area contributed by atoms with Crippen LogP contribution in [0, 0.1) is 10.1 Å². The van der Waals surface area contributed by atoms with Crippen molar-refractivity contribution in [3.05, 3.63) is 135 Å². The second kappa shape index (κ2) is 23.8. The Balaban J connectivity index is 1.54. The van der Waals surface area contributed by atoms with E-state index in [-0.39, 0.29) is 53.6 Å². The van der Waals surface area contributed by atoms with Gasteiger partial charge in [-0.15, -0.1) is 0 Å². The van der Waals surface area contributed by atoms with Crippen molar-refractivity contribution in [1.82, 2.24) is 10.2 Å². The van der Waals surface area contributed by atoms with Crippen LogP contribution in [0.5, 0.6) is 23.0 Å². The number of Topliss-reactive ketones (excluding diaryl/α,β-unsaturated/α-hetero) is 1. The molecule has 0 aliphatic heterocycles. The molecular weight excluding hydrogens is 787 g/mol. The third-order valence-electron chi connectivity index (χ3n) is 10.4. The molecule has 1 unspecified atom stereocenters. The number of non-ortho nitro benzene ring substituents is 1. The van der Waals surface area contributed by atoms with Crippen LogP contribution in [0.25, 0.3) is 0 Å². The van der Waals surface area contributed by atoms with Crippen LogP contribution < -0.4 is 19.5 Å². The number of nitro groups is 1. The van der Waals surface area contributed by atoms with Gasteiger partial charge in [0.05, 0.1) is 23.7 Å². The summed E-state index contributed by atoms with van der Waals surface area (Å²) in [6.45, 7) is 15.5. The van der Waals surface area contributed by atoms with Gasteiger partial charge in [0.25, 0.3) is 17.5 Å². The lowest BCUT2D eigenvalue weighted by atomic mass is 9.86. The fourth-order valence-corrected chi connectivity index (χ4v) is 6.69. The molecule has 0 radical (unpaired) electrons. The third-order valence-corrected chi connectivity index (χ3v) is 10.4. The first-order valence-electron chi connectivity index (χ1n) is 21.6. The molecule has 0 aliphatic carbocycles. The molecule has 0 saturated carbocycles. The highest BCUT2D eigenvalue weighted by atomic mass is 16.6. The first kappa shape index (κ1) is 48.7. The Labute approximate surface area is 366 Å². The highest BCUT2D eigenvalue weighted by Gasteiger charge is 2.26. The molecule has 1 atom stereocenters. The minimum Gasteiger partial charge on any atom is -0.493 e. The summed E-state index contributed by atoms with van der Waals surface area (Å²) in [4.78, 5) is 52.6. The summed E-state index contributed by atoms with van der Waals surface area (Å²) in [6.07, 6.45) is 6.43. The fourth-order valence-electron chi connectivity index (χ4n) is 6.69. The Morgan fingerprint density at radius 3 is 2.03 bits per heavy atom. The quantitative estimate of drug-likeness (QED) is 0.0218. The minimum absolute atomic E-state index is 0.0220. The Kier molecular flexibility index (Phi) is 18.7. The van der Waals surface area contributed by atoms with Crippen LogP contribution >= 0.6 is 0 Å². The van der Waals surface area contributed by atoms with E-state index in [1.807, 2.05) is 24.3 Å². The maximum absolute atomic E-state index is 13.9. The average molecular weight is 850 g/mol. The largest absolute Gasteiger partial charge is 0.493 e. The molecule has 2 amide bonds. The van der Waals surface area contributed by atoms with Crippen molar-refractivity contribution in [3.63, 3.8) is 0 Å². The number of nitrogens with one attached hydrogen (secondary N) is 1. The molecule has 0 saturated heterocycles. The number of nitrogens with zero attached hydrogens (tertiary/aromatic N) is 2. The van der Waals surface area contributed by atoms with Crippen molar-refractivity contribution < 1.29 is 38.6 Å². The zero-order chi connectivity index (χ0) is 45.2. The van der Waals surface area contributed by atoms with Gasteiger partial charge in [-0.1, -0.05) is 110 Å². The topological polar surface area (TPSA) is 158 Å². The maximum atomic E-state index is 13.9. The fraction of sp³-hybridized carbons (Fsp3) is 0.420. The van der Waals surface area contributed by atoms with Crippen LogP contribution in [0.1, 0.15) is 141 Å². The first-order chi connectivity index (χ1) is 29.6. The van der Waals surface area contributed by atoms with E-state index in [0.29, 0.717) is 52.7 Å². The number of amides is 2. The zero-order valence-corrected chi connectivity index (χ0v) is 37.2. The van der Waals surface area contributed by atoms with Crippen LogP contribution in [0.4, 0.5) is 5.69 Å². The molecule has 12 heteroatoms. The van der Waals surface area contributed by atoms with Crippen molar-refractivity contribution in [2.24, 2.45) is 0 Å². The Bertz CT molecular complexity index is 2130. The van der Waals surface area contributed by atoms with Gasteiger partial charge in [0.2, 0.25) is 0 Å². The number of hydrogen-bond acceptors (Lipinski definition) is 9. The van der Waals surface area contributed by atoms with Crippen molar-refractivity contribution in [3.8, 4) is 23.0 Å². The number of hydrogen-bond donors (Lipinski definition) is 2. The van der Waals surface area contributed by atoms with Gasteiger partial charge in [0, 0.05) is 55.4 Å². The number of aliphatic hydroxyl groups excluding tert-OH is 1. The Hall–Kier alpha value is -6.01. The summed E-state index contributed by atoms with van der Waals surface area (Å²) in [5.41, 5.74) is 2.78. The molecule has 62 heavy (non-hydrogen) atoms. The molecule has 0 bridgehead atoms. The van der Waals surface area contributed by atoms with Gasteiger partial charge >= 0.3 is 0 Å². The van der Waals surface area contributed by atoms with E-state index in [1.54, 1.807) is 43.4 Å². The lowest BCUT2D eigenvalue weighted by molar-refractivity contribution is -0.384. The van der Waals surface area contributed by atoms with Crippen LogP contribution in [-0.4, -0.2) is 65.9 Å². The smallest absolute Gasteiger partial charge is 0.269 e. The number of carbonyl (C=O) groups excluding carboxylic acids is 3. The number of rotatable bonds is 25. The van der Waals surface area contributed by atoms with Crippen molar-refractivity contribution >= 4 is 23.3 Å². The third kappa shape index (κ3) is 14.6. The summed E-state index contributed by atoms with van der Waals surface area (Å²) in [6, 6.07) is 22.9. The van der Waals surface area contributed by atoms with Gasteiger partial charge in [-0.2, -0.15) is 0 Å². The van der Waals surface area contributed by atoms with Crippen molar-refractivity contribution in [1.29, 1.82) is 0 Å². The van der Waals surface area contributed by atoms with Gasteiger partial charge in [-0.05, 0) is 71.9 Å². The molecule has 0 fully saturated rings. The van der Waals surface area contributed by atoms with Crippen molar-refractivity contribution in [2.75, 3.05) is 33.4 Å². The summed E-state index contributed by atoms with van der Waals surface area (Å²) in [7, 11) is 1.60. The molecule has 2 N–H and O–H groups in total. The van der Waals surface area contributed by atoms with Crippen LogP contribution in [0.2, 0.25) is 0 Å². The number of ketones is 1. The summed E-state index contributed by atoms with van der Waals surface area (Å²) in [5, 5.41) is 25.8. The van der Waals surface area contributed by atoms with Gasteiger partial charge in [-0.25, -0.2) is 0 Å². The zero-order valence-electron chi connectivity index (χ0n) is 37.2. The number of benzene rings is 4. The van der Waals surface area contributed by atoms with E-state index >= 15 is 0 Å². The van der Waals surface area contributed by atoms with Crippen molar-refractivity contribution in [2.45, 2.75) is 104 Å². The molecule has 0 aromatic heterocycles. The SMILES string of the molecule is C=C(CN(C)C(=O)c1cccc(Oc2ccc([N+](=O)[O-])cc2)c1)C(O)c1cc(OCCCCCC)c(C(=O)NCCC(=O)c2ccc(C(C)(C)C)cc2)cc1OCCCCCC. The number of nitro benzene ring substituents is 1. The second-order valence-electron chi connectivity index (χ2n) is 16.6. The van der Waals surface area contributed by atoms with Crippen LogP contribution in [0.3, 0.4) is 0 Å². The minimum atomic E-state index is -1.30. The number of ether oxygens (including phenoxy) is 3. The predicted octanol–water partition coefficient (Wildman–Crippen LogP) is 11.0. The van der Waals surface area contributed by atoms with Crippen LogP contribution in [-0.2, 0) is 5.41 Å². The second-order valence-corrected chi connectivity index (χ2v) is 16.6. The molecule has 4 aromatic carbocycles. The van der Waals surface area contributed by atoms with Gasteiger partial charge < -0.3 is 29.5 Å². The molecular formula is C50H63N3O9. The van der Waals surface area contributed by atoms with E-state index in [0.717, 1.165) is 56.9 Å². The Morgan fingerprint density at radius 2 is 1.44 bits per heavy atom. The highest BCUT2D eigenvalue weighted by Crippen LogP contribution is 2.37. The van der Waals surface area contributed by atoms with E-state index < -0.39 is 16.9 Å².